The number of rotatable bonds is 4. The molecule has 5 heterocycles. The van der Waals surface area contributed by atoms with Gasteiger partial charge in [0.2, 0.25) is 0 Å². The average Bonchev–Trinajstić information content (AvgIpc) is 3.38. The number of fused-ring (bicyclic) bond motifs is 1. The first-order chi connectivity index (χ1) is 13.4. The molecule has 27 heavy (non-hydrogen) atoms. The van der Waals surface area contributed by atoms with E-state index in [9.17, 15) is 0 Å². The fraction of sp³-hybridized carbons (Fsp3) is 0.300. The van der Waals surface area contributed by atoms with E-state index >= 15 is 0 Å². The Balaban J connectivity index is 1.41. The minimum atomic E-state index is 0.384. The number of hydrogen-bond donors (Lipinski definition) is 1. The lowest BCUT2D eigenvalue weighted by atomic mass is 9.97. The third-order valence-electron chi connectivity index (χ3n) is 5.24. The standard InChI is InChI=1S/C20H21N7/c1-3-15(11-21-6-1)12-27-10-8-23-19(27)16-4-2-9-26(13-16)20-17-5-7-22-18(17)24-14-25-20/h1,3,5-8,10-11,14,16H,2,4,9,12-13H2,(H,22,24,25)/t16-/m1/s1. The van der Waals surface area contributed by atoms with Crippen LogP contribution < -0.4 is 4.90 Å². The molecule has 1 N–H and O–H groups in total. The molecule has 1 saturated heterocycles. The Kier molecular flexibility index (Phi) is 4.04. The van der Waals surface area contributed by atoms with Gasteiger partial charge in [-0.15, -0.1) is 0 Å². The summed E-state index contributed by atoms with van der Waals surface area (Å²) in [4.78, 5) is 23.3. The largest absolute Gasteiger partial charge is 0.355 e. The SMILES string of the molecule is c1cncc(Cn2ccnc2[C@@H]2CCCN(c3ncnc4[nH]ccc34)C2)c1. The predicted octanol–water partition coefficient (Wildman–Crippen LogP) is 2.98. The Bertz CT molecular complexity index is 1040. The molecule has 0 spiro atoms. The van der Waals surface area contributed by atoms with Gasteiger partial charge >= 0.3 is 0 Å². The molecule has 7 heteroatoms. The number of anilines is 1. The number of piperidine rings is 1. The highest BCUT2D eigenvalue weighted by Gasteiger charge is 2.26. The van der Waals surface area contributed by atoms with Crippen LogP contribution in [0.25, 0.3) is 11.0 Å². The van der Waals surface area contributed by atoms with Crippen molar-refractivity contribution in [2.45, 2.75) is 25.3 Å². The monoisotopic (exact) mass is 359 g/mol. The fourth-order valence-corrected chi connectivity index (χ4v) is 3.99. The number of H-pyrrole nitrogens is 1. The Morgan fingerprint density at radius 3 is 3.07 bits per heavy atom. The van der Waals surface area contributed by atoms with Crippen LogP contribution >= 0.6 is 0 Å². The molecule has 0 amide bonds. The van der Waals surface area contributed by atoms with Crippen LogP contribution in [0.3, 0.4) is 0 Å². The molecule has 0 radical (unpaired) electrons. The maximum Gasteiger partial charge on any atom is 0.142 e. The van der Waals surface area contributed by atoms with Gasteiger partial charge in [-0.1, -0.05) is 6.07 Å². The third kappa shape index (κ3) is 3.05. The van der Waals surface area contributed by atoms with Gasteiger partial charge in [-0.2, -0.15) is 0 Å². The topological polar surface area (TPSA) is 75.5 Å². The molecule has 0 aromatic carbocycles. The summed E-state index contributed by atoms with van der Waals surface area (Å²) in [6, 6.07) is 6.14. The summed E-state index contributed by atoms with van der Waals surface area (Å²) >= 11 is 0. The predicted molar refractivity (Wildman–Crippen MR) is 104 cm³/mol. The molecule has 0 unspecified atom stereocenters. The first-order valence-corrected chi connectivity index (χ1v) is 9.31. The molecule has 1 atom stereocenters. The van der Waals surface area contributed by atoms with Crippen LogP contribution in [0.1, 0.15) is 30.1 Å². The van der Waals surface area contributed by atoms with Gasteiger partial charge in [0.25, 0.3) is 0 Å². The number of nitrogens with one attached hydrogen (secondary N) is 1. The molecule has 4 aromatic heterocycles. The summed E-state index contributed by atoms with van der Waals surface area (Å²) in [7, 11) is 0. The van der Waals surface area contributed by atoms with Crippen LogP contribution in [0.2, 0.25) is 0 Å². The van der Waals surface area contributed by atoms with E-state index in [-0.39, 0.29) is 0 Å². The quantitative estimate of drug-likeness (QED) is 0.606. The number of nitrogens with zero attached hydrogens (tertiary/aromatic N) is 6. The van der Waals surface area contributed by atoms with E-state index in [2.05, 4.69) is 47.7 Å². The van der Waals surface area contributed by atoms with Crippen LogP contribution in [-0.4, -0.2) is 42.6 Å². The maximum atomic E-state index is 4.69. The minimum Gasteiger partial charge on any atom is -0.355 e. The van der Waals surface area contributed by atoms with Crippen LogP contribution in [0, 0.1) is 0 Å². The first kappa shape index (κ1) is 16.0. The van der Waals surface area contributed by atoms with Gasteiger partial charge in [-0.3, -0.25) is 4.98 Å². The fourth-order valence-electron chi connectivity index (χ4n) is 3.99. The molecule has 136 valence electrons. The van der Waals surface area contributed by atoms with Crippen LogP contribution in [0.15, 0.2) is 55.5 Å². The van der Waals surface area contributed by atoms with Crippen molar-refractivity contribution in [1.82, 2.24) is 29.5 Å². The molecule has 1 fully saturated rings. The number of pyridine rings is 1. The number of aromatic nitrogens is 6. The van der Waals surface area contributed by atoms with Crippen LogP contribution in [0.4, 0.5) is 5.82 Å². The normalized spacial score (nSPS) is 17.5. The zero-order valence-corrected chi connectivity index (χ0v) is 15.0. The van der Waals surface area contributed by atoms with Gasteiger partial charge in [-0.25, -0.2) is 15.0 Å². The highest BCUT2D eigenvalue weighted by Crippen LogP contribution is 2.31. The molecule has 1 aliphatic heterocycles. The molecule has 0 saturated carbocycles. The Morgan fingerprint density at radius 1 is 1.15 bits per heavy atom. The van der Waals surface area contributed by atoms with Crippen LogP contribution in [-0.2, 0) is 6.54 Å². The van der Waals surface area contributed by atoms with Crippen LogP contribution in [0.5, 0.6) is 0 Å². The number of imidazole rings is 1. The first-order valence-electron chi connectivity index (χ1n) is 9.31. The highest BCUT2D eigenvalue weighted by atomic mass is 15.2. The molecular weight excluding hydrogens is 338 g/mol. The lowest BCUT2D eigenvalue weighted by Gasteiger charge is -2.33. The molecule has 4 aromatic rings. The van der Waals surface area contributed by atoms with E-state index in [0.717, 1.165) is 55.2 Å². The summed E-state index contributed by atoms with van der Waals surface area (Å²) in [6.07, 6.45) is 13.5. The smallest absolute Gasteiger partial charge is 0.142 e. The molecule has 7 nitrogen and oxygen atoms in total. The molecular formula is C20H21N7. The zero-order valence-electron chi connectivity index (χ0n) is 15.0. The van der Waals surface area contributed by atoms with E-state index < -0.39 is 0 Å². The minimum absolute atomic E-state index is 0.384. The van der Waals surface area contributed by atoms with Crippen molar-refractivity contribution in [2.75, 3.05) is 18.0 Å². The molecule has 5 rings (SSSR count). The Labute approximate surface area is 157 Å². The summed E-state index contributed by atoms with van der Waals surface area (Å²) in [5, 5.41) is 1.08. The second-order valence-corrected chi connectivity index (χ2v) is 7.00. The van der Waals surface area contributed by atoms with Gasteiger partial charge in [0.05, 0.1) is 11.9 Å². The van der Waals surface area contributed by atoms with E-state index in [4.69, 9.17) is 4.98 Å². The zero-order chi connectivity index (χ0) is 18.1. The van der Waals surface area contributed by atoms with Crippen molar-refractivity contribution in [1.29, 1.82) is 0 Å². The number of aromatic amines is 1. The van der Waals surface area contributed by atoms with Crippen molar-refractivity contribution in [3.05, 3.63) is 66.9 Å². The lowest BCUT2D eigenvalue weighted by Crippen LogP contribution is -2.36. The molecule has 1 aliphatic rings. The van der Waals surface area contributed by atoms with Gasteiger partial charge in [0.15, 0.2) is 0 Å². The summed E-state index contributed by atoms with van der Waals surface area (Å²) in [5.41, 5.74) is 2.08. The third-order valence-corrected chi connectivity index (χ3v) is 5.24. The van der Waals surface area contributed by atoms with Gasteiger partial charge in [-0.05, 0) is 30.5 Å². The summed E-state index contributed by atoms with van der Waals surface area (Å²) in [5.74, 6) is 2.54. The molecule has 0 bridgehead atoms. The maximum absolute atomic E-state index is 4.69. The Morgan fingerprint density at radius 2 is 2.15 bits per heavy atom. The summed E-state index contributed by atoms with van der Waals surface area (Å²) < 4.78 is 2.25. The van der Waals surface area contributed by atoms with Gasteiger partial charge in [0, 0.05) is 50.0 Å². The highest BCUT2D eigenvalue weighted by molar-refractivity contribution is 5.87. The van der Waals surface area contributed by atoms with Crippen molar-refractivity contribution in [3.8, 4) is 0 Å². The summed E-state index contributed by atoms with van der Waals surface area (Å²) in [6.45, 7) is 2.73. The van der Waals surface area contributed by atoms with Crippen molar-refractivity contribution >= 4 is 16.9 Å². The lowest BCUT2D eigenvalue weighted by molar-refractivity contribution is 0.474. The number of hydrogen-bond acceptors (Lipinski definition) is 5. The second-order valence-electron chi connectivity index (χ2n) is 7.00. The van der Waals surface area contributed by atoms with Gasteiger partial charge < -0.3 is 14.5 Å². The molecule has 0 aliphatic carbocycles. The van der Waals surface area contributed by atoms with Crippen molar-refractivity contribution in [2.24, 2.45) is 0 Å². The van der Waals surface area contributed by atoms with E-state index in [1.165, 1.54) is 5.56 Å². The second kappa shape index (κ2) is 6.83. The van der Waals surface area contributed by atoms with E-state index in [1.54, 1.807) is 12.5 Å². The Hall–Kier alpha value is -3.22. The average molecular weight is 359 g/mol. The van der Waals surface area contributed by atoms with Gasteiger partial charge in [0.1, 0.15) is 23.6 Å². The van der Waals surface area contributed by atoms with Crippen molar-refractivity contribution in [3.63, 3.8) is 0 Å². The van der Waals surface area contributed by atoms with E-state index in [0.29, 0.717) is 5.92 Å². The van der Waals surface area contributed by atoms with E-state index in [1.807, 2.05) is 24.7 Å². The van der Waals surface area contributed by atoms with Crippen molar-refractivity contribution < 1.29 is 0 Å².